The van der Waals surface area contributed by atoms with Gasteiger partial charge in [-0.2, -0.15) is 0 Å². The number of hydrogen-bond acceptors (Lipinski definition) is 4. The Labute approximate surface area is 150 Å². The third-order valence-electron chi connectivity index (χ3n) is 4.42. The van der Waals surface area contributed by atoms with Crippen LogP contribution in [0.5, 0.6) is 11.5 Å². The molecule has 0 atom stereocenters. The highest BCUT2D eigenvalue weighted by atomic mass is 35.5. The molecule has 1 aromatic rings. The number of nitrogens with two attached hydrogens (primary N) is 1. The van der Waals surface area contributed by atoms with Crippen LogP contribution in [0.3, 0.4) is 0 Å². The van der Waals surface area contributed by atoms with Crippen LogP contribution in [0, 0.1) is 0 Å². The molecule has 6 heteroatoms. The number of unbranched alkanes of at least 4 members (excludes halogenated alkanes) is 3. The summed E-state index contributed by atoms with van der Waals surface area (Å²) < 4.78 is 10.7. The van der Waals surface area contributed by atoms with Gasteiger partial charge < -0.3 is 20.1 Å². The number of hydrogen-bond donors (Lipinski definition) is 1. The maximum Gasteiger partial charge on any atom is 0.222 e. The van der Waals surface area contributed by atoms with Crippen LogP contribution in [0.25, 0.3) is 0 Å². The second-order valence-electron chi connectivity index (χ2n) is 5.99. The van der Waals surface area contributed by atoms with Gasteiger partial charge >= 0.3 is 0 Å². The molecule has 0 radical (unpaired) electrons. The Bertz CT molecular complexity index is 537. The van der Waals surface area contributed by atoms with Gasteiger partial charge in [-0.3, -0.25) is 4.79 Å². The topological polar surface area (TPSA) is 64.8 Å². The van der Waals surface area contributed by atoms with Gasteiger partial charge in [-0.05, 0) is 49.1 Å². The largest absolute Gasteiger partial charge is 0.493 e. The highest BCUT2D eigenvalue weighted by Crippen LogP contribution is 2.33. The van der Waals surface area contributed by atoms with Crippen molar-refractivity contribution >= 4 is 18.3 Å². The Hall–Kier alpha value is -1.46. The Morgan fingerprint density at radius 1 is 1.08 bits per heavy atom. The Kier molecular flexibility index (Phi) is 8.93. The molecule has 1 amide bonds. The summed E-state index contributed by atoms with van der Waals surface area (Å²) in [4.78, 5) is 14.3. The van der Waals surface area contributed by atoms with Crippen molar-refractivity contribution in [2.45, 2.75) is 45.1 Å². The van der Waals surface area contributed by atoms with Crippen molar-refractivity contribution in [2.24, 2.45) is 5.73 Å². The first-order valence-corrected chi connectivity index (χ1v) is 8.41. The van der Waals surface area contributed by atoms with Gasteiger partial charge in [0, 0.05) is 19.5 Å². The molecule has 0 saturated carbocycles. The number of benzene rings is 1. The summed E-state index contributed by atoms with van der Waals surface area (Å²) in [5.41, 5.74) is 7.89. The lowest BCUT2D eigenvalue weighted by molar-refractivity contribution is -0.132. The molecular weight excluding hydrogens is 328 g/mol. The number of halogens is 1. The van der Waals surface area contributed by atoms with Crippen molar-refractivity contribution in [3.63, 3.8) is 0 Å². The van der Waals surface area contributed by atoms with Crippen molar-refractivity contribution in [3.05, 3.63) is 23.3 Å². The predicted octanol–water partition coefficient (Wildman–Crippen LogP) is 2.92. The van der Waals surface area contributed by atoms with Gasteiger partial charge in [-0.15, -0.1) is 12.4 Å². The summed E-state index contributed by atoms with van der Waals surface area (Å²) in [6, 6.07) is 4.03. The van der Waals surface area contributed by atoms with E-state index in [4.69, 9.17) is 15.2 Å². The molecule has 0 spiro atoms. The average Bonchev–Trinajstić information content (AvgIpc) is 2.59. The van der Waals surface area contributed by atoms with Gasteiger partial charge in [-0.1, -0.05) is 12.8 Å². The number of carbonyl (C=O) groups is 1. The van der Waals surface area contributed by atoms with E-state index >= 15 is 0 Å². The number of ether oxygens (including phenoxy) is 2. The van der Waals surface area contributed by atoms with Crippen LogP contribution in [-0.2, 0) is 17.8 Å². The normalized spacial score (nSPS) is 13.0. The molecular formula is C18H29ClN2O3. The van der Waals surface area contributed by atoms with Gasteiger partial charge in [0.15, 0.2) is 11.5 Å². The molecule has 0 bridgehead atoms. The zero-order valence-corrected chi connectivity index (χ0v) is 15.5. The fraction of sp³-hybridized carbons (Fsp3) is 0.611. The molecule has 0 fully saturated rings. The maximum atomic E-state index is 12.4. The first-order chi connectivity index (χ1) is 11.2. The second-order valence-corrected chi connectivity index (χ2v) is 5.99. The van der Waals surface area contributed by atoms with E-state index in [1.54, 1.807) is 14.2 Å². The quantitative estimate of drug-likeness (QED) is 0.727. The molecule has 0 saturated heterocycles. The highest BCUT2D eigenvalue weighted by Gasteiger charge is 2.22. The van der Waals surface area contributed by atoms with Crippen molar-refractivity contribution in [1.82, 2.24) is 4.90 Å². The van der Waals surface area contributed by atoms with Gasteiger partial charge in [-0.25, -0.2) is 0 Å². The summed E-state index contributed by atoms with van der Waals surface area (Å²) in [6.07, 6.45) is 5.70. The molecule has 0 aromatic heterocycles. The molecule has 1 aromatic carbocycles. The van der Waals surface area contributed by atoms with E-state index < -0.39 is 0 Å². The zero-order chi connectivity index (χ0) is 16.7. The number of amides is 1. The van der Waals surface area contributed by atoms with Crippen LogP contribution in [0.1, 0.15) is 43.2 Å². The maximum absolute atomic E-state index is 12.4. The van der Waals surface area contributed by atoms with Crippen LogP contribution in [-0.4, -0.2) is 38.1 Å². The average molecular weight is 357 g/mol. The van der Waals surface area contributed by atoms with Crippen molar-refractivity contribution in [1.29, 1.82) is 0 Å². The molecule has 1 aliphatic heterocycles. The summed E-state index contributed by atoms with van der Waals surface area (Å²) in [6.45, 7) is 2.18. The summed E-state index contributed by atoms with van der Waals surface area (Å²) in [7, 11) is 3.28. The minimum atomic E-state index is 0. The molecule has 2 N–H and O–H groups in total. The van der Waals surface area contributed by atoms with Gasteiger partial charge in [0.25, 0.3) is 0 Å². The smallest absolute Gasteiger partial charge is 0.222 e. The van der Waals surface area contributed by atoms with Gasteiger partial charge in [0.1, 0.15) is 0 Å². The lowest BCUT2D eigenvalue weighted by Crippen LogP contribution is -2.35. The molecule has 2 rings (SSSR count). The fourth-order valence-electron chi connectivity index (χ4n) is 3.03. The van der Waals surface area contributed by atoms with Gasteiger partial charge in [0.2, 0.25) is 5.91 Å². The highest BCUT2D eigenvalue weighted by molar-refractivity contribution is 5.85. The molecule has 0 aliphatic carbocycles. The van der Waals surface area contributed by atoms with Crippen LogP contribution >= 0.6 is 12.4 Å². The van der Waals surface area contributed by atoms with Crippen molar-refractivity contribution < 1.29 is 14.3 Å². The number of rotatable bonds is 8. The van der Waals surface area contributed by atoms with E-state index in [1.165, 1.54) is 5.56 Å². The molecule has 1 heterocycles. The van der Waals surface area contributed by atoms with Gasteiger partial charge in [0.05, 0.1) is 14.2 Å². The Morgan fingerprint density at radius 2 is 1.71 bits per heavy atom. The summed E-state index contributed by atoms with van der Waals surface area (Å²) >= 11 is 0. The number of fused-ring (bicyclic) bond motifs is 1. The standard InChI is InChI=1S/C18H28N2O3.ClH/c1-22-16-11-14-8-10-20(13-15(14)12-17(16)23-2)18(21)7-5-3-4-6-9-19;/h11-12H,3-10,13,19H2,1-2H3;1H. The monoisotopic (exact) mass is 356 g/mol. The van der Waals surface area contributed by atoms with Crippen molar-refractivity contribution in [3.8, 4) is 11.5 Å². The minimum Gasteiger partial charge on any atom is -0.493 e. The first-order valence-electron chi connectivity index (χ1n) is 8.41. The summed E-state index contributed by atoms with van der Waals surface area (Å²) in [5.74, 6) is 1.73. The first kappa shape index (κ1) is 20.6. The molecule has 24 heavy (non-hydrogen) atoms. The minimum absolute atomic E-state index is 0. The molecule has 136 valence electrons. The van der Waals surface area contributed by atoms with Crippen LogP contribution in [0.2, 0.25) is 0 Å². The van der Waals surface area contributed by atoms with Crippen LogP contribution < -0.4 is 15.2 Å². The van der Waals surface area contributed by atoms with E-state index in [0.29, 0.717) is 13.0 Å². The lowest BCUT2D eigenvalue weighted by Gasteiger charge is -2.29. The lowest BCUT2D eigenvalue weighted by atomic mass is 9.98. The molecule has 5 nitrogen and oxygen atoms in total. The molecule has 0 unspecified atom stereocenters. The third kappa shape index (κ3) is 5.28. The van der Waals surface area contributed by atoms with E-state index in [1.807, 2.05) is 17.0 Å². The zero-order valence-electron chi connectivity index (χ0n) is 14.7. The van der Waals surface area contributed by atoms with E-state index in [0.717, 1.165) is 62.3 Å². The fourth-order valence-corrected chi connectivity index (χ4v) is 3.03. The number of methoxy groups -OCH3 is 2. The predicted molar refractivity (Wildman–Crippen MR) is 98.1 cm³/mol. The van der Waals surface area contributed by atoms with E-state index in [2.05, 4.69) is 0 Å². The summed E-state index contributed by atoms with van der Waals surface area (Å²) in [5, 5.41) is 0. The Morgan fingerprint density at radius 3 is 2.33 bits per heavy atom. The Balaban J connectivity index is 0.00000288. The number of carbonyl (C=O) groups excluding carboxylic acids is 1. The SMILES string of the molecule is COc1cc2c(cc1OC)CN(C(=O)CCCCCCN)CC2.Cl. The second kappa shape index (κ2) is 10.4. The third-order valence-corrected chi connectivity index (χ3v) is 4.42. The van der Waals surface area contributed by atoms with Crippen LogP contribution in [0.4, 0.5) is 0 Å². The van der Waals surface area contributed by atoms with Crippen molar-refractivity contribution in [2.75, 3.05) is 27.3 Å². The number of nitrogens with zero attached hydrogens (tertiary/aromatic N) is 1. The van der Waals surface area contributed by atoms with E-state index in [9.17, 15) is 4.79 Å². The molecule has 1 aliphatic rings. The van der Waals surface area contributed by atoms with E-state index in [-0.39, 0.29) is 18.3 Å². The van der Waals surface area contributed by atoms with Crippen LogP contribution in [0.15, 0.2) is 12.1 Å².